The first kappa shape index (κ1) is 15.9. The zero-order valence-corrected chi connectivity index (χ0v) is 12.5. The molecule has 2 amide bonds. The van der Waals surface area contributed by atoms with Crippen LogP contribution in [0.5, 0.6) is 0 Å². The molecule has 0 aliphatic carbocycles. The second-order valence-corrected chi connectivity index (χ2v) is 6.05. The zero-order chi connectivity index (χ0) is 14.7. The van der Waals surface area contributed by atoms with Crippen molar-refractivity contribution in [3.63, 3.8) is 0 Å². The Morgan fingerprint density at radius 1 is 1.32 bits per heavy atom. The third-order valence-electron chi connectivity index (χ3n) is 3.44. The van der Waals surface area contributed by atoms with Gasteiger partial charge in [-0.2, -0.15) is 4.84 Å². The van der Waals surface area contributed by atoms with Gasteiger partial charge in [0.15, 0.2) is 0 Å². The van der Waals surface area contributed by atoms with E-state index in [1.165, 1.54) is 7.11 Å². The van der Waals surface area contributed by atoms with Gasteiger partial charge in [-0.15, -0.1) is 4.65 Å². The van der Waals surface area contributed by atoms with Gasteiger partial charge in [0.25, 0.3) is 0 Å². The van der Waals surface area contributed by atoms with Crippen molar-refractivity contribution in [2.45, 2.75) is 45.3 Å². The molecule has 0 saturated carbocycles. The molecule has 0 bridgehead atoms. The maximum absolute atomic E-state index is 11.9. The monoisotopic (exact) mass is 273 g/mol. The van der Waals surface area contributed by atoms with E-state index in [4.69, 9.17) is 9.57 Å². The molecular weight excluding hydrogens is 248 g/mol. The maximum atomic E-state index is 11.9. The molecule has 110 valence electrons. The minimum atomic E-state index is -0.478. The van der Waals surface area contributed by atoms with Crippen molar-refractivity contribution in [1.82, 2.24) is 4.90 Å². The average Bonchev–Trinajstić information content (AvgIpc) is 2.36. The number of piperidine rings is 1. The predicted molar refractivity (Wildman–Crippen MR) is 70.1 cm³/mol. The van der Waals surface area contributed by atoms with Gasteiger partial charge in [-0.05, 0) is 20.8 Å². The van der Waals surface area contributed by atoms with Crippen molar-refractivity contribution in [2.75, 3.05) is 27.2 Å². The molecule has 1 saturated heterocycles. The van der Waals surface area contributed by atoms with E-state index in [9.17, 15) is 9.59 Å². The lowest BCUT2D eigenvalue weighted by molar-refractivity contribution is -1.04. The maximum Gasteiger partial charge on any atom is 0.410 e. The summed E-state index contributed by atoms with van der Waals surface area (Å²) >= 11 is 0. The first-order valence-electron chi connectivity index (χ1n) is 6.58. The molecule has 1 atom stereocenters. The van der Waals surface area contributed by atoms with Crippen molar-refractivity contribution < 1.29 is 23.8 Å². The van der Waals surface area contributed by atoms with Crippen LogP contribution >= 0.6 is 0 Å². The number of rotatable bonds is 3. The Morgan fingerprint density at radius 3 is 2.21 bits per heavy atom. The number of nitrogens with zero attached hydrogens (tertiary/aromatic N) is 2. The van der Waals surface area contributed by atoms with Crippen LogP contribution in [-0.4, -0.2) is 60.9 Å². The minimum absolute atomic E-state index is 0.0673. The van der Waals surface area contributed by atoms with Crippen LogP contribution in [0.25, 0.3) is 0 Å². The molecule has 1 aliphatic heterocycles. The quantitative estimate of drug-likeness (QED) is 0.445. The lowest BCUT2D eigenvalue weighted by Crippen LogP contribution is -2.55. The van der Waals surface area contributed by atoms with Gasteiger partial charge >= 0.3 is 12.5 Å². The zero-order valence-electron chi connectivity index (χ0n) is 12.5. The van der Waals surface area contributed by atoms with Gasteiger partial charge in [-0.25, -0.2) is 9.59 Å². The van der Waals surface area contributed by atoms with E-state index in [-0.39, 0.29) is 16.8 Å². The number of hydrogen-bond acceptors (Lipinski definition) is 4. The number of hydroxylamine groups is 3. The van der Waals surface area contributed by atoms with Crippen molar-refractivity contribution in [3.8, 4) is 0 Å². The van der Waals surface area contributed by atoms with E-state index in [1.807, 2.05) is 20.8 Å². The van der Waals surface area contributed by atoms with E-state index < -0.39 is 5.60 Å². The highest BCUT2D eigenvalue weighted by molar-refractivity contribution is 5.68. The molecule has 1 rings (SSSR count). The molecule has 1 aliphatic rings. The fourth-order valence-electron chi connectivity index (χ4n) is 2.17. The molecule has 1 unspecified atom stereocenters. The van der Waals surface area contributed by atoms with Gasteiger partial charge in [-0.1, -0.05) is 0 Å². The number of carbonyl (C=O) groups is 2. The molecule has 0 aromatic heterocycles. The summed E-state index contributed by atoms with van der Waals surface area (Å²) in [6, 6.07) is 0.0844. The summed E-state index contributed by atoms with van der Waals surface area (Å²) in [6.45, 7) is 6.73. The normalized spacial score (nSPS) is 20.8. The van der Waals surface area contributed by atoms with Crippen molar-refractivity contribution in [2.24, 2.45) is 0 Å². The van der Waals surface area contributed by atoms with Gasteiger partial charge in [0.05, 0.1) is 7.11 Å². The SMILES string of the molecule is CO[N+](C)(C=O)C1CCN(C(=O)OC(C)(C)C)CC1. The second-order valence-electron chi connectivity index (χ2n) is 6.05. The smallest absolute Gasteiger partial charge is 0.410 e. The van der Waals surface area contributed by atoms with E-state index in [0.29, 0.717) is 13.1 Å². The largest absolute Gasteiger partial charge is 0.444 e. The summed E-state index contributed by atoms with van der Waals surface area (Å²) in [5.41, 5.74) is -0.478. The fourth-order valence-corrected chi connectivity index (χ4v) is 2.17. The molecule has 0 aromatic carbocycles. The van der Waals surface area contributed by atoms with Crippen LogP contribution in [0.2, 0.25) is 0 Å². The Kier molecular flexibility index (Phi) is 4.92. The first-order chi connectivity index (χ1) is 8.72. The number of likely N-dealkylation sites (tertiary alicyclic amines) is 1. The first-order valence-corrected chi connectivity index (χ1v) is 6.58. The molecule has 6 nitrogen and oxygen atoms in total. The molecule has 1 fully saturated rings. The summed E-state index contributed by atoms with van der Waals surface area (Å²) in [5, 5.41) is 0. The Balaban J connectivity index is 2.54. The molecule has 0 spiro atoms. The summed E-state index contributed by atoms with van der Waals surface area (Å²) in [4.78, 5) is 29.9. The molecular formula is C13H25N2O4+. The molecule has 6 heteroatoms. The van der Waals surface area contributed by atoms with Gasteiger partial charge in [-0.3, -0.25) is 0 Å². The topological polar surface area (TPSA) is 55.8 Å². The number of carbonyl (C=O) groups excluding carboxylic acids is 2. The third kappa shape index (κ3) is 4.18. The van der Waals surface area contributed by atoms with E-state index in [1.54, 1.807) is 11.9 Å². The number of hydrogen-bond donors (Lipinski definition) is 0. The highest BCUT2D eigenvalue weighted by Gasteiger charge is 2.38. The lowest BCUT2D eigenvalue weighted by atomic mass is 10.0. The Hall–Kier alpha value is -1.14. The van der Waals surface area contributed by atoms with E-state index >= 15 is 0 Å². The van der Waals surface area contributed by atoms with Crippen molar-refractivity contribution in [1.29, 1.82) is 0 Å². The molecule has 0 aromatic rings. The lowest BCUT2D eigenvalue weighted by Gasteiger charge is -2.38. The van der Waals surface area contributed by atoms with Gasteiger partial charge in [0.2, 0.25) is 0 Å². The highest BCUT2D eigenvalue weighted by atomic mass is 16.7. The van der Waals surface area contributed by atoms with Crippen molar-refractivity contribution >= 4 is 12.5 Å². The number of ether oxygens (including phenoxy) is 1. The average molecular weight is 273 g/mol. The number of amides is 2. The molecule has 19 heavy (non-hydrogen) atoms. The van der Waals surface area contributed by atoms with Crippen LogP contribution in [0.15, 0.2) is 0 Å². The van der Waals surface area contributed by atoms with Crippen LogP contribution in [0.1, 0.15) is 33.6 Å². The standard InChI is InChI=1S/C13H25N2O4/c1-13(2,3)19-12(17)14-8-6-11(7-9-14)15(4,10-16)18-5/h10-11H,6-9H2,1-5H3/q+1. The minimum Gasteiger partial charge on any atom is -0.444 e. The molecule has 1 heterocycles. The molecule has 0 radical (unpaired) electrons. The summed E-state index contributed by atoms with van der Waals surface area (Å²) in [7, 11) is 3.26. The van der Waals surface area contributed by atoms with Gasteiger partial charge in [0, 0.05) is 25.9 Å². The van der Waals surface area contributed by atoms with Crippen LogP contribution in [0.4, 0.5) is 4.79 Å². The van der Waals surface area contributed by atoms with Crippen LogP contribution < -0.4 is 0 Å². The Labute approximate surface area is 114 Å². The predicted octanol–water partition coefficient (Wildman–Crippen LogP) is 1.55. The van der Waals surface area contributed by atoms with Crippen LogP contribution in [0.3, 0.4) is 0 Å². The van der Waals surface area contributed by atoms with Crippen LogP contribution in [0, 0.1) is 0 Å². The Bertz CT molecular complexity index is 332. The highest BCUT2D eigenvalue weighted by Crippen LogP contribution is 2.22. The second kappa shape index (κ2) is 5.88. The fraction of sp³-hybridized carbons (Fsp3) is 0.846. The van der Waals surface area contributed by atoms with E-state index in [2.05, 4.69) is 0 Å². The number of quaternary nitrogens is 1. The van der Waals surface area contributed by atoms with E-state index in [0.717, 1.165) is 19.3 Å². The summed E-state index contributed by atoms with van der Waals surface area (Å²) in [6.07, 6.45) is 1.96. The molecule has 0 N–H and O–H groups in total. The van der Waals surface area contributed by atoms with Crippen molar-refractivity contribution in [3.05, 3.63) is 0 Å². The van der Waals surface area contributed by atoms with Gasteiger partial charge in [0.1, 0.15) is 18.7 Å². The third-order valence-corrected chi connectivity index (χ3v) is 3.44. The summed E-state index contributed by atoms with van der Waals surface area (Å²) < 4.78 is 5.26. The Morgan fingerprint density at radius 2 is 1.84 bits per heavy atom. The summed E-state index contributed by atoms with van der Waals surface area (Å²) in [5.74, 6) is 0. The van der Waals surface area contributed by atoms with Crippen LogP contribution in [-0.2, 0) is 14.4 Å². The van der Waals surface area contributed by atoms with Gasteiger partial charge < -0.3 is 9.64 Å².